The fourth-order valence-electron chi connectivity index (χ4n) is 1.76. The Labute approximate surface area is 110 Å². The summed E-state index contributed by atoms with van der Waals surface area (Å²) in [6.45, 7) is 2.14. The predicted octanol–water partition coefficient (Wildman–Crippen LogP) is 0.886. The van der Waals surface area contributed by atoms with Crippen LogP contribution in [0.15, 0.2) is 35.3 Å². The Morgan fingerprint density at radius 3 is 2.89 bits per heavy atom. The maximum atomic E-state index is 12.2. The van der Waals surface area contributed by atoms with E-state index >= 15 is 0 Å². The molecule has 0 saturated heterocycles. The number of aromatic amines is 1. The van der Waals surface area contributed by atoms with E-state index in [0.29, 0.717) is 17.4 Å². The lowest BCUT2D eigenvalue weighted by Gasteiger charge is -2.09. The van der Waals surface area contributed by atoms with E-state index in [1.54, 1.807) is 18.2 Å². The van der Waals surface area contributed by atoms with Gasteiger partial charge in [0.05, 0.1) is 0 Å². The van der Waals surface area contributed by atoms with E-state index in [0.717, 1.165) is 0 Å². The highest BCUT2D eigenvalue weighted by atomic mass is 16.3. The second-order valence-corrected chi connectivity index (χ2v) is 4.57. The van der Waals surface area contributed by atoms with Gasteiger partial charge in [0.15, 0.2) is 0 Å². The molecule has 1 aromatic carbocycles. The lowest BCUT2D eigenvalue weighted by Crippen LogP contribution is -2.32. The average molecular weight is 260 g/mol. The van der Waals surface area contributed by atoms with E-state index in [-0.39, 0.29) is 23.5 Å². The first-order valence-corrected chi connectivity index (χ1v) is 6.13. The zero-order valence-corrected chi connectivity index (χ0v) is 10.6. The van der Waals surface area contributed by atoms with E-state index in [9.17, 15) is 9.59 Å². The van der Waals surface area contributed by atoms with Gasteiger partial charge in [-0.3, -0.25) is 9.59 Å². The normalized spacial score (nSPS) is 12.3. The first-order valence-electron chi connectivity index (χ1n) is 6.13. The molecular formula is C14H16N2O3. The van der Waals surface area contributed by atoms with Gasteiger partial charge < -0.3 is 15.4 Å². The Hall–Kier alpha value is -2.14. The standard InChI is InChI=1S/C14H16N2O3/c1-9(8-17)6-16-14(19)11-7-15-12-5-3-2-4-10(12)13(11)18/h2-5,7,9,17H,6,8H2,1H3,(H,15,18)(H,16,19). The van der Waals surface area contributed by atoms with Crippen LogP contribution in [0.5, 0.6) is 0 Å². The molecule has 1 atom stereocenters. The number of aliphatic hydroxyl groups is 1. The van der Waals surface area contributed by atoms with Crippen molar-refractivity contribution in [2.75, 3.05) is 13.2 Å². The molecule has 19 heavy (non-hydrogen) atoms. The van der Waals surface area contributed by atoms with Gasteiger partial charge in [-0.1, -0.05) is 19.1 Å². The summed E-state index contributed by atoms with van der Waals surface area (Å²) in [5.74, 6) is -0.462. The predicted molar refractivity (Wildman–Crippen MR) is 73.2 cm³/mol. The fraction of sp³-hybridized carbons (Fsp3) is 0.286. The number of amides is 1. The van der Waals surface area contributed by atoms with Gasteiger partial charge in [-0.25, -0.2) is 0 Å². The first kappa shape index (κ1) is 13.3. The molecule has 0 saturated carbocycles. The number of pyridine rings is 1. The van der Waals surface area contributed by atoms with Crippen molar-refractivity contribution < 1.29 is 9.90 Å². The highest BCUT2D eigenvalue weighted by molar-refractivity contribution is 5.97. The highest BCUT2D eigenvalue weighted by Gasteiger charge is 2.13. The summed E-state index contributed by atoms with van der Waals surface area (Å²) in [4.78, 5) is 27.0. The number of para-hydroxylation sites is 1. The van der Waals surface area contributed by atoms with Crippen LogP contribution in [0, 0.1) is 5.92 Å². The third kappa shape index (κ3) is 2.82. The topological polar surface area (TPSA) is 82.2 Å². The van der Waals surface area contributed by atoms with Crippen molar-refractivity contribution in [1.29, 1.82) is 0 Å². The number of hydrogen-bond acceptors (Lipinski definition) is 3. The summed E-state index contributed by atoms with van der Waals surface area (Å²) in [5, 5.41) is 12.0. The molecule has 1 unspecified atom stereocenters. The quantitative estimate of drug-likeness (QED) is 0.763. The molecule has 0 spiro atoms. The Morgan fingerprint density at radius 1 is 1.42 bits per heavy atom. The van der Waals surface area contributed by atoms with Crippen LogP contribution in [0.2, 0.25) is 0 Å². The van der Waals surface area contributed by atoms with Gasteiger partial charge in [0.25, 0.3) is 5.91 Å². The minimum Gasteiger partial charge on any atom is -0.396 e. The lowest BCUT2D eigenvalue weighted by molar-refractivity contribution is 0.0941. The van der Waals surface area contributed by atoms with Crippen LogP contribution < -0.4 is 10.7 Å². The number of hydrogen-bond donors (Lipinski definition) is 3. The van der Waals surface area contributed by atoms with E-state index in [2.05, 4.69) is 10.3 Å². The van der Waals surface area contributed by atoms with Crippen LogP contribution in [-0.4, -0.2) is 29.1 Å². The third-order valence-electron chi connectivity index (χ3n) is 2.96. The summed E-state index contributed by atoms with van der Waals surface area (Å²) < 4.78 is 0. The number of aromatic nitrogens is 1. The summed E-state index contributed by atoms with van der Waals surface area (Å²) in [5.41, 5.74) is 0.500. The van der Waals surface area contributed by atoms with Gasteiger partial charge in [0, 0.05) is 30.3 Å². The minimum absolute atomic E-state index is 0.00560. The summed E-state index contributed by atoms with van der Waals surface area (Å²) in [6, 6.07) is 7.04. The van der Waals surface area contributed by atoms with Crippen LogP contribution in [0.25, 0.3) is 10.9 Å². The molecule has 0 bridgehead atoms. The third-order valence-corrected chi connectivity index (χ3v) is 2.96. The molecule has 5 nitrogen and oxygen atoms in total. The number of H-pyrrole nitrogens is 1. The molecule has 0 radical (unpaired) electrons. The second-order valence-electron chi connectivity index (χ2n) is 4.57. The largest absolute Gasteiger partial charge is 0.396 e. The molecule has 0 aliphatic carbocycles. The van der Waals surface area contributed by atoms with Crippen LogP contribution in [-0.2, 0) is 0 Å². The lowest BCUT2D eigenvalue weighted by atomic mass is 10.1. The average Bonchev–Trinajstić information content (AvgIpc) is 2.45. The molecule has 1 aromatic heterocycles. The number of rotatable bonds is 4. The maximum absolute atomic E-state index is 12.2. The molecule has 0 fully saturated rings. The molecular weight excluding hydrogens is 244 g/mol. The van der Waals surface area contributed by atoms with Gasteiger partial charge in [-0.2, -0.15) is 0 Å². The molecule has 5 heteroatoms. The van der Waals surface area contributed by atoms with Gasteiger partial charge in [-0.15, -0.1) is 0 Å². The van der Waals surface area contributed by atoms with Crippen molar-refractivity contribution in [3.8, 4) is 0 Å². The summed E-state index contributed by atoms with van der Waals surface area (Å²) in [7, 11) is 0. The van der Waals surface area contributed by atoms with E-state index in [4.69, 9.17) is 5.11 Å². The molecule has 0 aliphatic heterocycles. The second kappa shape index (κ2) is 5.67. The van der Waals surface area contributed by atoms with E-state index in [1.165, 1.54) is 6.20 Å². The van der Waals surface area contributed by atoms with Crippen LogP contribution in [0.3, 0.4) is 0 Å². The van der Waals surface area contributed by atoms with Crippen molar-refractivity contribution in [1.82, 2.24) is 10.3 Å². The van der Waals surface area contributed by atoms with E-state index in [1.807, 2.05) is 13.0 Å². The van der Waals surface area contributed by atoms with Crippen LogP contribution in [0.4, 0.5) is 0 Å². The van der Waals surface area contributed by atoms with Crippen molar-refractivity contribution in [2.24, 2.45) is 5.92 Å². The number of benzene rings is 1. The Morgan fingerprint density at radius 2 is 2.16 bits per heavy atom. The first-order chi connectivity index (χ1) is 9.13. The van der Waals surface area contributed by atoms with Gasteiger partial charge >= 0.3 is 0 Å². The van der Waals surface area contributed by atoms with Gasteiger partial charge in [-0.05, 0) is 18.1 Å². The molecule has 3 N–H and O–H groups in total. The molecule has 1 heterocycles. The molecule has 2 aromatic rings. The van der Waals surface area contributed by atoms with Crippen molar-refractivity contribution >= 4 is 16.8 Å². The summed E-state index contributed by atoms with van der Waals surface area (Å²) in [6.07, 6.45) is 1.42. The molecule has 0 aliphatic rings. The Kier molecular flexibility index (Phi) is 3.97. The monoisotopic (exact) mass is 260 g/mol. The number of aliphatic hydroxyl groups excluding tert-OH is 1. The van der Waals surface area contributed by atoms with E-state index < -0.39 is 5.91 Å². The highest BCUT2D eigenvalue weighted by Crippen LogP contribution is 2.06. The van der Waals surface area contributed by atoms with Crippen LogP contribution in [0.1, 0.15) is 17.3 Å². The summed E-state index contributed by atoms with van der Waals surface area (Å²) >= 11 is 0. The van der Waals surface area contributed by atoms with Crippen molar-refractivity contribution in [3.05, 3.63) is 46.2 Å². The Balaban J connectivity index is 2.28. The fourth-order valence-corrected chi connectivity index (χ4v) is 1.76. The zero-order valence-electron chi connectivity index (χ0n) is 10.6. The number of carbonyl (C=O) groups is 1. The SMILES string of the molecule is CC(CO)CNC(=O)c1c[nH]c2ccccc2c1=O. The smallest absolute Gasteiger partial charge is 0.256 e. The number of nitrogens with one attached hydrogen (secondary N) is 2. The van der Waals surface area contributed by atoms with Crippen molar-refractivity contribution in [2.45, 2.75) is 6.92 Å². The number of carbonyl (C=O) groups excluding carboxylic acids is 1. The Bertz CT molecular complexity index is 648. The maximum Gasteiger partial charge on any atom is 0.256 e. The van der Waals surface area contributed by atoms with Gasteiger partial charge in [0.1, 0.15) is 5.56 Å². The number of fused-ring (bicyclic) bond motifs is 1. The minimum atomic E-state index is -0.424. The zero-order chi connectivity index (χ0) is 13.8. The molecule has 100 valence electrons. The molecule has 1 amide bonds. The van der Waals surface area contributed by atoms with Gasteiger partial charge in [0.2, 0.25) is 5.43 Å². The molecule has 2 rings (SSSR count). The van der Waals surface area contributed by atoms with Crippen molar-refractivity contribution in [3.63, 3.8) is 0 Å². The van der Waals surface area contributed by atoms with Crippen LogP contribution >= 0.6 is 0 Å².